The first-order valence-electron chi connectivity index (χ1n) is 11.1. The standard InChI is InChI=1S/C25H33NO2S/c1-3-5-7-8-9-12-18-27-23-15-11-10-14-21(23)24-19-22(26-28-24)25-17-16-20(29-25)13-6-4-2/h10-11,14-17,19H,3-9,12-13,18H2,1-2H3. The van der Waals surface area contributed by atoms with Crippen LogP contribution in [0.3, 0.4) is 0 Å². The number of hydrogen-bond acceptors (Lipinski definition) is 4. The molecule has 0 aliphatic carbocycles. The zero-order chi connectivity index (χ0) is 20.3. The Bertz CT molecular complexity index is 852. The summed E-state index contributed by atoms with van der Waals surface area (Å²) in [5.74, 6) is 1.64. The van der Waals surface area contributed by atoms with E-state index in [2.05, 4.69) is 31.1 Å². The van der Waals surface area contributed by atoms with Crippen LogP contribution < -0.4 is 4.74 Å². The molecule has 3 aromatic rings. The first-order chi connectivity index (χ1) is 14.3. The molecule has 29 heavy (non-hydrogen) atoms. The summed E-state index contributed by atoms with van der Waals surface area (Å²) in [4.78, 5) is 2.57. The van der Waals surface area contributed by atoms with Gasteiger partial charge in [0.2, 0.25) is 0 Å². The van der Waals surface area contributed by atoms with Crippen molar-refractivity contribution in [3.05, 3.63) is 47.3 Å². The maximum absolute atomic E-state index is 6.08. The van der Waals surface area contributed by atoms with Crippen molar-refractivity contribution in [3.8, 4) is 27.6 Å². The van der Waals surface area contributed by atoms with Crippen molar-refractivity contribution >= 4 is 11.3 Å². The van der Waals surface area contributed by atoms with Gasteiger partial charge >= 0.3 is 0 Å². The Labute approximate surface area is 179 Å². The molecule has 4 heteroatoms. The third-order valence-corrected chi connectivity index (χ3v) is 6.28. The molecule has 2 heterocycles. The summed E-state index contributed by atoms with van der Waals surface area (Å²) in [6.45, 7) is 5.22. The Balaban J connectivity index is 1.60. The van der Waals surface area contributed by atoms with Crippen molar-refractivity contribution in [2.24, 2.45) is 0 Å². The number of thiophene rings is 1. The third kappa shape index (κ3) is 6.46. The minimum absolute atomic E-state index is 0.746. The minimum Gasteiger partial charge on any atom is -0.493 e. The number of nitrogens with zero attached hydrogens (tertiary/aromatic N) is 1. The van der Waals surface area contributed by atoms with E-state index in [9.17, 15) is 0 Å². The number of ether oxygens (including phenoxy) is 1. The highest BCUT2D eigenvalue weighted by Crippen LogP contribution is 2.35. The van der Waals surface area contributed by atoms with Gasteiger partial charge in [0.05, 0.1) is 17.0 Å². The second kappa shape index (κ2) is 11.8. The number of hydrogen-bond donors (Lipinski definition) is 0. The SMILES string of the molecule is CCCCCCCCOc1ccccc1-c1cc(-c2ccc(CCCC)s2)no1. The van der Waals surface area contributed by atoms with Crippen molar-refractivity contribution in [1.29, 1.82) is 0 Å². The van der Waals surface area contributed by atoms with Gasteiger partial charge in [-0.3, -0.25) is 0 Å². The van der Waals surface area contributed by atoms with Gasteiger partial charge in [-0.1, -0.05) is 69.7 Å². The van der Waals surface area contributed by atoms with E-state index in [0.29, 0.717) is 0 Å². The fraction of sp³-hybridized carbons (Fsp3) is 0.480. The lowest BCUT2D eigenvalue weighted by molar-refractivity contribution is 0.304. The molecule has 1 aromatic carbocycles. The molecule has 0 aliphatic rings. The van der Waals surface area contributed by atoms with E-state index < -0.39 is 0 Å². The first kappa shape index (κ1) is 21.6. The predicted molar refractivity (Wildman–Crippen MR) is 123 cm³/mol. The van der Waals surface area contributed by atoms with E-state index in [1.54, 1.807) is 0 Å². The largest absolute Gasteiger partial charge is 0.493 e. The molecule has 3 rings (SSSR count). The van der Waals surface area contributed by atoms with Gasteiger partial charge in [0.1, 0.15) is 11.4 Å². The van der Waals surface area contributed by atoms with Gasteiger partial charge in [-0.25, -0.2) is 0 Å². The van der Waals surface area contributed by atoms with Crippen LogP contribution >= 0.6 is 11.3 Å². The fourth-order valence-corrected chi connectivity index (χ4v) is 4.38. The van der Waals surface area contributed by atoms with Crippen LogP contribution in [0.25, 0.3) is 21.9 Å². The van der Waals surface area contributed by atoms with Crippen LogP contribution in [0, 0.1) is 0 Å². The van der Waals surface area contributed by atoms with Crippen LogP contribution in [0.2, 0.25) is 0 Å². The van der Waals surface area contributed by atoms with Crippen LogP contribution in [-0.4, -0.2) is 11.8 Å². The maximum Gasteiger partial charge on any atom is 0.171 e. The van der Waals surface area contributed by atoms with Gasteiger partial charge in [0, 0.05) is 10.9 Å². The molecule has 0 aliphatic heterocycles. The summed E-state index contributed by atoms with van der Waals surface area (Å²) in [6.07, 6.45) is 11.2. The summed E-state index contributed by atoms with van der Waals surface area (Å²) in [7, 11) is 0. The second-order valence-corrected chi connectivity index (χ2v) is 8.73. The molecular formula is C25H33NO2S. The van der Waals surface area contributed by atoms with Gasteiger partial charge in [-0.05, 0) is 43.5 Å². The van der Waals surface area contributed by atoms with E-state index in [-0.39, 0.29) is 0 Å². The van der Waals surface area contributed by atoms with Gasteiger partial charge in [-0.15, -0.1) is 11.3 Å². The highest BCUT2D eigenvalue weighted by molar-refractivity contribution is 7.15. The van der Waals surface area contributed by atoms with E-state index in [1.165, 1.54) is 49.8 Å². The van der Waals surface area contributed by atoms with Crippen LogP contribution in [0.1, 0.15) is 70.1 Å². The molecule has 0 saturated heterocycles. The van der Waals surface area contributed by atoms with Crippen molar-refractivity contribution in [2.45, 2.75) is 71.6 Å². The normalized spacial score (nSPS) is 11.1. The molecule has 3 nitrogen and oxygen atoms in total. The smallest absolute Gasteiger partial charge is 0.171 e. The molecule has 0 fully saturated rings. The molecule has 0 saturated carbocycles. The number of aryl methyl sites for hydroxylation is 1. The van der Waals surface area contributed by atoms with Crippen LogP contribution in [-0.2, 0) is 6.42 Å². The Kier molecular flexibility index (Phi) is 8.82. The summed E-state index contributed by atoms with van der Waals surface area (Å²) in [5, 5.41) is 4.32. The Hall–Kier alpha value is -2.07. The number of rotatable bonds is 13. The second-order valence-electron chi connectivity index (χ2n) is 7.56. The van der Waals surface area contributed by atoms with Gasteiger partial charge in [0.25, 0.3) is 0 Å². The summed E-state index contributed by atoms with van der Waals surface area (Å²) in [5.41, 5.74) is 1.87. The lowest BCUT2D eigenvalue weighted by atomic mass is 10.1. The van der Waals surface area contributed by atoms with Crippen LogP contribution in [0.5, 0.6) is 5.75 Å². The third-order valence-electron chi connectivity index (χ3n) is 5.11. The highest BCUT2D eigenvalue weighted by Gasteiger charge is 2.14. The molecule has 0 amide bonds. The molecular weight excluding hydrogens is 378 g/mol. The zero-order valence-electron chi connectivity index (χ0n) is 17.8. The summed E-state index contributed by atoms with van der Waals surface area (Å²) >= 11 is 1.81. The summed E-state index contributed by atoms with van der Waals surface area (Å²) < 4.78 is 11.8. The van der Waals surface area contributed by atoms with E-state index in [1.807, 2.05) is 41.7 Å². The van der Waals surface area contributed by atoms with Crippen molar-refractivity contribution < 1.29 is 9.26 Å². The Morgan fingerprint density at radius 3 is 2.55 bits per heavy atom. The number of para-hydroxylation sites is 1. The Morgan fingerprint density at radius 1 is 0.897 bits per heavy atom. The quantitative estimate of drug-likeness (QED) is 0.266. The molecule has 2 aromatic heterocycles. The lowest BCUT2D eigenvalue weighted by Gasteiger charge is -2.09. The van der Waals surface area contributed by atoms with Gasteiger partial charge < -0.3 is 9.26 Å². The molecule has 0 unspecified atom stereocenters. The number of unbranched alkanes of at least 4 members (excludes halogenated alkanes) is 6. The molecule has 0 atom stereocenters. The van der Waals surface area contributed by atoms with E-state index in [0.717, 1.165) is 47.1 Å². The highest BCUT2D eigenvalue weighted by atomic mass is 32.1. The fourth-order valence-electron chi connectivity index (χ4n) is 3.38. The van der Waals surface area contributed by atoms with Crippen molar-refractivity contribution in [1.82, 2.24) is 5.16 Å². The molecule has 0 radical (unpaired) electrons. The lowest BCUT2D eigenvalue weighted by Crippen LogP contribution is -1.98. The number of aromatic nitrogens is 1. The predicted octanol–water partition coefficient (Wildman–Crippen LogP) is 8.15. The van der Waals surface area contributed by atoms with Crippen molar-refractivity contribution in [2.75, 3.05) is 6.61 Å². The molecule has 0 N–H and O–H groups in total. The van der Waals surface area contributed by atoms with Gasteiger partial charge in [-0.2, -0.15) is 0 Å². The molecule has 156 valence electrons. The average Bonchev–Trinajstić information content (AvgIpc) is 3.41. The minimum atomic E-state index is 0.746. The van der Waals surface area contributed by atoms with Crippen LogP contribution in [0.4, 0.5) is 0 Å². The number of benzene rings is 1. The Morgan fingerprint density at radius 2 is 1.69 bits per heavy atom. The molecule has 0 bridgehead atoms. The maximum atomic E-state index is 6.08. The molecule has 0 spiro atoms. The topological polar surface area (TPSA) is 35.3 Å². The van der Waals surface area contributed by atoms with E-state index >= 15 is 0 Å². The first-order valence-corrected chi connectivity index (χ1v) is 11.9. The van der Waals surface area contributed by atoms with E-state index in [4.69, 9.17) is 9.26 Å². The zero-order valence-corrected chi connectivity index (χ0v) is 18.6. The monoisotopic (exact) mass is 411 g/mol. The average molecular weight is 412 g/mol. The summed E-state index contributed by atoms with van der Waals surface area (Å²) in [6, 6.07) is 14.5. The van der Waals surface area contributed by atoms with Crippen molar-refractivity contribution in [3.63, 3.8) is 0 Å². The van der Waals surface area contributed by atoms with Crippen LogP contribution in [0.15, 0.2) is 47.0 Å². The van der Waals surface area contributed by atoms with Gasteiger partial charge in [0.15, 0.2) is 5.76 Å².